The number of amides is 1. The summed E-state index contributed by atoms with van der Waals surface area (Å²) in [6.45, 7) is 1.89. The number of methoxy groups -OCH3 is 1. The molecule has 0 unspecified atom stereocenters. The average Bonchev–Trinajstić information content (AvgIpc) is 2.82. The highest BCUT2D eigenvalue weighted by atomic mass is 79.9. The average molecular weight is 523 g/mol. The maximum atomic E-state index is 11.8. The predicted molar refractivity (Wildman–Crippen MR) is 131 cm³/mol. The number of non-ortho nitro benzene ring substituents is 1. The number of azo groups is 1. The normalized spacial score (nSPS) is 10.5. The van der Waals surface area contributed by atoms with Crippen LogP contribution in [0, 0.1) is 21.4 Å². The Labute approximate surface area is 203 Å². The fourth-order valence-corrected chi connectivity index (χ4v) is 3.55. The van der Waals surface area contributed by atoms with E-state index in [4.69, 9.17) is 4.74 Å². The van der Waals surface area contributed by atoms with Crippen LogP contribution in [0.15, 0.2) is 69.3 Å². The van der Waals surface area contributed by atoms with Gasteiger partial charge in [0.15, 0.2) is 0 Å². The van der Waals surface area contributed by atoms with Gasteiger partial charge in [0.05, 0.1) is 33.4 Å². The predicted octanol–water partition coefficient (Wildman–Crippen LogP) is 6.22. The monoisotopic (exact) mass is 522 g/mol. The van der Waals surface area contributed by atoms with E-state index in [1.54, 1.807) is 12.1 Å². The molecule has 0 fully saturated rings. The summed E-state index contributed by atoms with van der Waals surface area (Å²) >= 11 is 3.21. The second kappa shape index (κ2) is 11.0. The number of benzene rings is 3. The van der Waals surface area contributed by atoms with Crippen LogP contribution in [-0.2, 0) is 11.3 Å². The summed E-state index contributed by atoms with van der Waals surface area (Å²) in [4.78, 5) is 22.3. The first kappa shape index (κ1) is 24.3. The lowest BCUT2D eigenvalue weighted by atomic mass is 10.2. The van der Waals surface area contributed by atoms with Gasteiger partial charge in [-0.25, -0.2) is 0 Å². The van der Waals surface area contributed by atoms with Gasteiger partial charge in [-0.2, -0.15) is 5.26 Å². The first-order valence-electron chi connectivity index (χ1n) is 9.89. The third kappa shape index (κ3) is 5.93. The van der Waals surface area contributed by atoms with E-state index in [1.807, 2.05) is 36.4 Å². The van der Waals surface area contributed by atoms with Gasteiger partial charge in [0.2, 0.25) is 5.91 Å². The van der Waals surface area contributed by atoms with Crippen LogP contribution < -0.4 is 15.4 Å². The summed E-state index contributed by atoms with van der Waals surface area (Å²) < 4.78 is 5.72. The van der Waals surface area contributed by atoms with E-state index in [9.17, 15) is 20.2 Å². The van der Waals surface area contributed by atoms with E-state index in [-0.39, 0.29) is 33.0 Å². The molecule has 11 heteroatoms. The molecule has 34 heavy (non-hydrogen) atoms. The Morgan fingerprint density at radius 1 is 1.18 bits per heavy atom. The van der Waals surface area contributed by atoms with Crippen molar-refractivity contribution in [3.63, 3.8) is 0 Å². The van der Waals surface area contributed by atoms with Crippen LogP contribution in [0.2, 0.25) is 0 Å². The number of nitrogens with zero attached hydrogens (tertiary/aromatic N) is 4. The van der Waals surface area contributed by atoms with Crippen LogP contribution in [0.3, 0.4) is 0 Å². The van der Waals surface area contributed by atoms with Gasteiger partial charge in [0.1, 0.15) is 23.2 Å². The number of nitro groups is 1. The highest BCUT2D eigenvalue weighted by Crippen LogP contribution is 2.39. The van der Waals surface area contributed by atoms with E-state index >= 15 is 0 Å². The highest BCUT2D eigenvalue weighted by Gasteiger charge is 2.16. The molecule has 0 heterocycles. The molecule has 1 amide bonds. The molecule has 0 aliphatic rings. The molecule has 2 N–H and O–H groups in total. The number of anilines is 2. The van der Waals surface area contributed by atoms with E-state index in [0.29, 0.717) is 23.7 Å². The molecule has 0 radical (unpaired) electrons. The van der Waals surface area contributed by atoms with Gasteiger partial charge in [-0.05, 0) is 27.6 Å². The van der Waals surface area contributed by atoms with Crippen LogP contribution >= 0.6 is 15.9 Å². The van der Waals surface area contributed by atoms with Crippen molar-refractivity contribution in [2.24, 2.45) is 10.2 Å². The summed E-state index contributed by atoms with van der Waals surface area (Å²) in [6, 6.07) is 17.3. The third-order valence-corrected chi connectivity index (χ3v) is 5.20. The summed E-state index contributed by atoms with van der Waals surface area (Å²) in [7, 11) is 1.50. The second-order valence-electron chi connectivity index (χ2n) is 6.98. The number of rotatable bonds is 8. The largest absolute Gasteiger partial charge is 0.495 e. The number of halogens is 1. The number of hydrogen-bond acceptors (Lipinski definition) is 8. The van der Waals surface area contributed by atoms with Crippen molar-refractivity contribution in [3.8, 4) is 11.8 Å². The number of nitriles is 1. The standard InChI is InChI=1S/C23H19BrN6O4/c1-14(31)27-19-10-21(26-13-15-6-4-3-5-7-15)22(34-2)11-20(19)28-29-23-16(12-25)8-17(30(32)33)9-18(23)24/h3-11,26H,13H2,1-2H3,(H,27,31). The van der Waals surface area contributed by atoms with Crippen molar-refractivity contribution in [3.05, 3.63) is 80.3 Å². The van der Waals surface area contributed by atoms with Crippen LogP contribution in [0.1, 0.15) is 18.1 Å². The highest BCUT2D eigenvalue weighted by molar-refractivity contribution is 9.10. The quantitative estimate of drug-likeness (QED) is 0.204. The number of hydrogen-bond donors (Lipinski definition) is 2. The lowest BCUT2D eigenvalue weighted by Gasteiger charge is -2.15. The molecule has 3 aromatic carbocycles. The van der Waals surface area contributed by atoms with Crippen LogP contribution in [0.5, 0.6) is 5.75 Å². The molecule has 0 saturated heterocycles. The van der Waals surface area contributed by atoms with Crippen molar-refractivity contribution in [1.29, 1.82) is 5.26 Å². The van der Waals surface area contributed by atoms with Gasteiger partial charge < -0.3 is 15.4 Å². The second-order valence-corrected chi connectivity index (χ2v) is 7.84. The molecule has 3 rings (SSSR count). The zero-order valence-corrected chi connectivity index (χ0v) is 19.8. The van der Waals surface area contributed by atoms with E-state index in [0.717, 1.165) is 11.6 Å². The number of nitrogens with one attached hydrogen (secondary N) is 2. The zero-order chi connectivity index (χ0) is 24.7. The van der Waals surface area contributed by atoms with Crippen molar-refractivity contribution in [2.75, 3.05) is 17.7 Å². The number of nitro benzene ring substituents is 1. The molecule has 0 spiro atoms. The van der Waals surface area contributed by atoms with Gasteiger partial charge in [-0.1, -0.05) is 30.3 Å². The van der Waals surface area contributed by atoms with Crippen molar-refractivity contribution < 1.29 is 14.5 Å². The summed E-state index contributed by atoms with van der Waals surface area (Å²) in [5, 5.41) is 34.8. The minimum absolute atomic E-state index is 0.0287. The molecular weight excluding hydrogens is 504 g/mol. The Bertz CT molecular complexity index is 1310. The Hall–Kier alpha value is -4.30. The van der Waals surface area contributed by atoms with Crippen LogP contribution in [0.4, 0.5) is 28.4 Å². The molecule has 0 aliphatic heterocycles. The molecule has 0 atom stereocenters. The summed E-state index contributed by atoms with van der Waals surface area (Å²) in [5.74, 6) is 0.145. The maximum Gasteiger partial charge on any atom is 0.272 e. The van der Waals surface area contributed by atoms with Gasteiger partial charge >= 0.3 is 0 Å². The van der Waals surface area contributed by atoms with Gasteiger partial charge in [-0.15, -0.1) is 10.2 Å². The minimum Gasteiger partial charge on any atom is -0.495 e. The third-order valence-electron chi connectivity index (χ3n) is 4.59. The Kier molecular flexibility index (Phi) is 7.89. The molecule has 172 valence electrons. The maximum absolute atomic E-state index is 11.8. The van der Waals surface area contributed by atoms with Crippen LogP contribution in [0.25, 0.3) is 0 Å². The molecule has 0 aliphatic carbocycles. The Balaban J connectivity index is 2.00. The molecule has 10 nitrogen and oxygen atoms in total. The SMILES string of the molecule is COc1cc(N=Nc2c(Br)cc([N+](=O)[O-])cc2C#N)c(NC(C)=O)cc1NCc1ccccc1. The Morgan fingerprint density at radius 3 is 2.53 bits per heavy atom. The van der Waals surface area contributed by atoms with Gasteiger partial charge in [0, 0.05) is 31.7 Å². The van der Waals surface area contributed by atoms with E-state index in [2.05, 4.69) is 36.8 Å². The first-order valence-corrected chi connectivity index (χ1v) is 10.7. The first-order chi connectivity index (χ1) is 16.3. The lowest BCUT2D eigenvalue weighted by molar-refractivity contribution is -0.384. The summed E-state index contributed by atoms with van der Waals surface area (Å²) in [6.07, 6.45) is 0. The number of carbonyl (C=O) groups excluding carboxylic acids is 1. The number of carbonyl (C=O) groups is 1. The molecule has 0 saturated carbocycles. The van der Waals surface area contributed by atoms with Crippen molar-refractivity contribution in [1.82, 2.24) is 0 Å². The number of ether oxygens (including phenoxy) is 1. The van der Waals surface area contributed by atoms with E-state index < -0.39 is 4.92 Å². The molecule has 3 aromatic rings. The fraction of sp³-hybridized carbons (Fsp3) is 0.130. The lowest BCUT2D eigenvalue weighted by Crippen LogP contribution is -2.08. The molecule has 0 bridgehead atoms. The molecule has 0 aromatic heterocycles. The van der Waals surface area contributed by atoms with Crippen molar-refractivity contribution >= 4 is 50.3 Å². The topological polar surface area (TPSA) is 142 Å². The summed E-state index contributed by atoms with van der Waals surface area (Å²) in [5.41, 5.74) is 2.16. The zero-order valence-electron chi connectivity index (χ0n) is 18.2. The van der Waals surface area contributed by atoms with E-state index in [1.165, 1.54) is 20.1 Å². The Morgan fingerprint density at radius 2 is 1.91 bits per heavy atom. The van der Waals surface area contributed by atoms with Gasteiger partial charge in [0.25, 0.3) is 5.69 Å². The fourth-order valence-electron chi connectivity index (χ4n) is 3.02. The molecular formula is C23H19BrN6O4. The van der Waals surface area contributed by atoms with Crippen LogP contribution in [-0.4, -0.2) is 17.9 Å². The minimum atomic E-state index is -0.604. The van der Waals surface area contributed by atoms with Crippen molar-refractivity contribution in [2.45, 2.75) is 13.5 Å². The smallest absolute Gasteiger partial charge is 0.272 e. The van der Waals surface area contributed by atoms with Gasteiger partial charge in [-0.3, -0.25) is 14.9 Å².